The van der Waals surface area contributed by atoms with Crippen molar-refractivity contribution in [1.82, 2.24) is 9.88 Å². The summed E-state index contributed by atoms with van der Waals surface area (Å²) in [6.07, 6.45) is 1.33. The lowest BCUT2D eigenvalue weighted by molar-refractivity contribution is 0.0702. The fourth-order valence-electron chi connectivity index (χ4n) is 4.68. The van der Waals surface area contributed by atoms with E-state index in [9.17, 15) is 5.11 Å². The van der Waals surface area contributed by atoms with Crippen LogP contribution < -0.4 is 4.90 Å². The standard InChI is InChI=1S/C25H36N6O2S/c1-25(2,3)21-16-34-24(28-21)22(32)17-6-5-9-31(15-17)23(27-4)19-8-7-18(14-20(19)29-26)30-10-12-33-13-11-30/h7-8,14,16-17,22,26,32H,5-6,9-13,15H2,1-4H3/t17-,22-/m0/s1. The summed E-state index contributed by atoms with van der Waals surface area (Å²) in [5.74, 6) is 0.902. The first-order valence-corrected chi connectivity index (χ1v) is 12.9. The van der Waals surface area contributed by atoms with Gasteiger partial charge >= 0.3 is 0 Å². The Bertz CT molecular complexity index is 1020. The minimum Gasteiger partial charge on any atom is -0.386 e. The smallest absolute Gasteiger partial charge is 0.132 e. The fraction of sp³-hybridized carbons (Fsp3) is 0.600. The van der Waals surface area contributed by atoms with Crippen molar-refractivity contribution in [2.75, 3.05) is 51.3 Å². The summed E-state index contributed by atoms with van der Waals surface area (Å²) in [5, 5.41) is 17.9. The Morgan fingerprint density at radius 1 is 1.26 bits per heavy atom. The van der Waals surface area contributed by atoms with E-state index < -0.39 is 6.10 Å². The molecule has 0 spiro atoms. The Balaban J connectivity index is 1.52. The molecule has 0 saturated carbocycles. The third kappa shape index (κ3) is 5.31. The van der Waals surface area contributed by atoms with Gasteiger partial charge in [0.25, 0.3) is 0 Å². The number of amidine groups is 1. The molecule has 2 saturated heterocycles. The van der Waals surface area contributed by atoms with Gasteiger partial charge in [-0.3, -0.25) is 4.99 Å². The van der Waals surface area contributed by atoms with E-state index in [1.165, 1.54) is 0 Å². The number of benzene rings is 1. The number of thiazole rings is 1. The van der Waals surface area contributed by atoms with E-state index >= 15 is 0 Å². The Kier molecular flexibility index (Phi) is 7.64. The van der Waals surface area contributed by atoms with Crippen LogP contribution in [0.4, 0.5) is 11.4 Å². The van der Waals surface area contributed by atoms with Gasteiger partial charge in [-0.2, -0.15) is 5.11 Å². The number of likely N-dealkylation sites (tertiary alicyclic amines) is 1. The Hall–Kier alpha value is -2.36. The quantitative estimate of drug-likeness (QED) is 0.362. The van der Waals surface area contributed by atoms with Crippen LogP contribution in [0.5, 0.6) is 0 Å². The number of aliphatic hydroxyl groups is 1. The number of aliphatic imine (C=N–C) groups is 1. The van der Waals surface area contributed by atoms with Crippen molar-refractivity contribution >= 4 is 28.5 Å². The zero-order chi connectivity index (χ0) is 24.3. The molecule has 2 aromatic rings. The second-order valence-corrected chi connectivity index (χ2v) is 11.0. The molecular weight excluding hydrogens is 448 g/mol. The molecule has 0 aliphatic carbocycles. The summed E-state index contributed by atoms with van der Waals surface area (Å²) in [6.45, 7) is 11.1. The number of nitrogens with zero attached hydrogens (tertiary/aromatic N) is 5. The van der Waals surface area contributed by atoms with Crippen molar-refractivity contribution in [3.8, 4) is 0 Å². The number of hydrogen-bond donors (Lipinski definition) is 2. The van der Waals surface area contributed by atoms with E-state index in [1.807, 2.05) is 12.1 Å². The zero-order valence-electron chi connectivity index (χ0n) is 20.6. The third-order valence-electron chi connectivity index (χ3n) is 6.68. The number of nitrogens with one attached hydrogen (secondary N) is 1. The van der Waals surface area contributed by atoms with Crippen LogP contribution in [0.15, 0.2) is 33.7 Å². The van der Waals surface area contributed by atoms with E-state index in [2.05, 4.69) is 52.1 Å². The summed E-state index contributed by atoms with van der Waals surface area (Å²) in [6, 6.07) is 6.08. The second-order valence-electron chi connectivity index (χ2n) is 10.1. The first-order chi connectivity index (χ1) is 16.3. The van der Waals surface area contributed by atoms with Crippen molar-refractivity contribution in [3.63, 3.8) is 0 Å². The molecule has 1 aromatic heterocycles. The fourth-order valence-corrected chi connectivity index (χ4v) is 5.80. The third-order valence-corrected chi connectivity index (χ3v) is 7.59. The van der Waals surface area contributed by atoms with Crippen LogP contribution in [0, 0.1) is 11.4 Å². The molecule has 2 aliphatic heterocycles. The van der Waals surface area contributed by atoms with Crippen LogP contribution in [-0.2, 0) is 10.2 Å². The largest absolute Gasteiger partial charge is 0.386 e. The summed E-state index contributed by atoms with van der Waals surface area (Å²) >= 11 is 1.55. The van der Waals surface area contributed by atoms with E-state index in [0.717, 1.165) is 60.3 Å². The predicted octanol–water partition coefficient (Wildman–Crippen LogP) is 4.76. The molecule has 0 unspecified atom stereocenters. The molecule has 2 atom stereocenters. The van der Waals surface area contributed by atoms with Gasteiger partial charge in [-0.05, 0) is 31.0 Å². The minimum absolute atomic E-state index is 0.0291. The molecule has 0 amide bonds. The van der Waals surface area contributed by atoms with Gasteiger partial charge in [-0.1, -0.05) is 20.8 Å². The van der Waals surface area contributed by atoms with Crippen molar-refractivity contribution in [2.45, 2.75) is 45.1 Å². The van der Waals surface area contributed by atoms with E-state index in [1.54, 1.807) is 18.4 Å². The van der Waals surface area contributed by atoms with Crippen LogP contribution in [0.2, 0.25) is 0 Å². The molecule has 34 heavy (non-hydrogen) atoms. The van der Waals surface area contributed by atoms with Gasteiger partial charge in [0.15, 0.2) is 0 Å². The van der Waals surface area contributed by atoms with Gasteiger partial charge in [0.1, 0.15) is 16.9 Å². The topological polar surface area (TPSA) is 97.4 Å². The van der Waals surface area contributed by atoms with Crippen LogP contribution in [-0.4, -0.2) is 67.3 Å². The SMILES string of the molecule is CN=C(c1ccc(N2CCOCC2)cc1N=N)N1CCC[C@H]([C@H](O)c2nc(C(C)(C)C)cs2)C1. The van der Waals surface area contributed by atoms with E-state index in [4.69, 9.17) is 15.3 Å². The van der Waals surface area contributed by atoms with Gasteiger partial charge in [0.2, 0.25) is 0 Å². The molecule has 8 nitrogen and oxygen atoms in total. The van der Waals surface area contributed by atoms with Gasteiger partial charge in [0, 0.05) is 61.2 Å². The van der Waals surface area contributed by atoms with Gasteiger partial charge in [-0.15, -0.1) is 11.3 Å². The molecule has 9 heteroatoms. The Morgan fingerprint density at radius 3 is 2.68 bits per heavy atom. The number of hydrogen-bond acceptors (Lipinski definition) is 8. The number of aromatic nitrogens is 1. The average molecular weight is 485 g/mol. The van der Waals surface area contributed by atoms with Gasteiger partial charge in [0.05, 0.1) is 24.6 Å². The molecule has 184 valence electrons. The van der Waals surface area contributed by atoms with Gasteiger partial charge < -0.3 is 19.6 Å². The number of aliphatic hydroxyl groups excluding tert-OH is 1. The minimum atomic E-state index is -0.592. The summed E-state index contributed by atoms with van der Waals surface area (Å²) < 4.78 is 5.46. The number of ether oxygens (including phenoxy) is 1. The molecule has 1 aromatic carbocycles. The second kappa shape index (κ2) is 10.5. The predicted molar refractivity (Wildman–Crippen MR) is 137 cm³/mol. The van der Waals surface area contributed by atoms with E-state index in [0.29, 0.717) is 25.4 Å². The monoisotopic (exact) mass is 484 g/mol. The van der Waals surface area contributed by atoms with Crippen molar-refractivity contribution in [3.05, 3.63) is 39.8 Å². The van der Waals surface area contributed by atoms with Crippen LogP contribution in [0.1, 0.15) is 56.0 Å². The van der Waals surface area contributed by atoms with Crippen LogP contribution in [0.3, 0.4) is 0 Å². The molecule has 0 bridgehead atoms. The molecule has 2 aliphatic rings. The van der Waals surface area contributed by atoms with Crippen LogP contribution in [0.25, 0.3) is 0 Å². The highest BCUT2D eigenvalue weighted by Gasteiger charge is 2.32. The van der Waals surface area contributed by atoms with Crippen molar-refractivity contribution in [2.24, 2.45) is 16.0 Å². The van der Waals surface area contributed by atoms with Crippen LogP contribution >= 0.6 is 11.3 Å². The maximum Gasteiger partial charge on any atom is 0.132 e. The summed E-state index contributed by atoms with van der Waals surface area (Å²) in [7, 11) is 1.79. The highest BCUT2D eigenvalue weighted by Crippen LogP contribution is 2.35. The van der Waals surface area contributed by atoms with Crippen molar-refractivity contribution < 1.29 is 9.84 Å². The normalized spacial score (nSPS) is 21.0. The molecule has 4 rings (SSSR count). The lowest BCUT2D eigenvalue weighted by Gasteiger charge is -2.37. The Labute approximate surface area is 206 Å². The molecule has 2 fully saturated rings. The maximum atomic E-state index is 11.2. The molecular formula is C25H36N6O2S. The highest BCUT2D eigenvalue weighted by atomic mass is 32.1. The average Bonchev–Trinajstić information content (AvgIpc) is 3.36. The molecule has 0 radical (unpaired) electrons. The highest BCUT2D eigenvalue weighted by molar-refractivity contribution is 7.09. The lowest BCUT2D eigenvalue weighted by Crippen LogP contribution is -2.42. The zero-order valence-corrected chi connectivity index (χ0v) is 21.4. The first-order valence-electron chi connectivity index (χ1n) is 12.0. The first kappa shape index (κ1) is 24.8. The van der Waals surface area contributed by atoms with E-state index in [-0.39, 0.29) is 11.3 Å². The summed E-state index contributed by atoms with van der Waals surface area (Å²) in [4.78, 5) is 13.9. The number of rotatable bonds is 5. The number of piperidine rings is 1. The Morgan fingerprint density at radius 2 is 2.03 bits per heavy atom. The maximum absolute atomic E-state index is 11.2. The van der Waals surface area contributed by atoms with Crippen molar-refractivity contribution in [1.29, 1.82) is 5.53 Å². The number of anilines is 1. The van der Waals surface area contributed by atoms with Gasteiger partial charge in [-0.25, -0.2) is 10.5 Å². The lowest BCUT2D eigenvalue weighted by atomic mass is 9.91. The molecule has 3 heterocycles. The number of morpholine rings is 1. The molecule has 2 N–H and O–H groups in total. The summed E-state index contributed by atoms with van der Waals surface area (Å²) in [5.41, 5.74) is 11.3.